The first-order chi connectivity index (χ1) is 8.24. The second-order valence-electron chi connectivity index (χ2n) is 5.89. The minimum Gasteiger partial charge on any atom is -0.311 e. The SMILES string of the molecule is CCC(C)C1CN(C(C)CS(C)(=O)=O)C(C)CN1. The van der Waals surface area contributed by atoms with Crippen LogP contribution in [0.5, 0.6) is 0 Å². The molecule has 0 aromatic heterocycles. The van der Waals surface area contributed by atoms with Crippen LogP contribution in [-0.4, -0.2) is 56.5 Å². The lowest BCUT2D eigenvalue weighted by Crippen LogP contribution is -2.60. The molecule has 0 bridgehead atoms. The Balaban J connectivity index is 2.67. The van der Waals surface area contributed by atoms with E-state index in [1.165, 1.54) is 6.26 Å². The van der Waals surface area contributed by atoms with Gasteiger partial charge in [0.05, 0.1) is 5.75 Å². The zero-order valence-electron chi connectivity index (χ0n) is 12.3. The van der Waals surface area contributed by atoms with E-state index < -0.39 is 9.84 Å². The summed E-state index contributed by atoms with van der Waals surface area (Å²) in [4.78, 5) is 2.34. The van der Waals surface area contributed by atoms with Gasteiger partial charge in [-0.25, -0.2) is 8.42 Å². The van der Waals surface area contributed by atoms with Crippen molar-refractivity contribution in [2.75, 3.05) is 25.1 Å². The van der Waals surface area contributed by atoms with Gasteiger partial charge in [0, 0.05) is 37.5 Å². The standard InChI is InChI=1S/C13H28N2O2S/c1-6-10(2)13-8-15(11(3)7-14-13)12(4)9-18(5,16)17/h10-14H,6-9H2,1-5H3. The predicted molar refractivity (Wildman–Crippen MR) is 76.6 cm³/mol. The Morgan fingerprint density at radius 3 is 2.50 bits per heavy atom. The van der Waals surface area contributed by atoms with Gasteiger partial charge in [0.1, 0.15) is 9.84 Å². The topological polar surface area (TPSA) is 49.4 Å². The van der Waals surface area contributed by atoms with Crippen molar-refractivity contribution in [3.63, 3.8) is 0 Å². The highest BCUT2D eigenvalue weighted by Crippen LogP contribution is 2.18. The minimum atomic E-state index is -2.90. The summed E-state index contributed by atoms with van der Waals surface area (Å²) in [5.74, 6) is 0.885. The number of rotatable bonds is 5. The summed E-state index contributed by atoms with van der Waals surface area (Å²) in [7, 11) is -2.90. The molecule has 18 heavy (non-hydrogen) atoms. The molecule has 1 saturated heterocycles. The Bertz CT molecular complexity index is 356. The number of nitrogens with one attached hydrogen (secondary N) is 1. The van der Waals surface area contributed by atoms with Crippen LogP contribution in [0.4, 0.5) is 0 Å². The van der Waals surface area contributed by atoms with E-state index in [9.17, 15) is 8.42 Å². The number of nitrogens with zero attached hydrogens (tertiary/aromatic N) is 1. The van der Waals surface area contributed by atoms with Crippen LogP contribution in [0, 0.1) is 5.92 Å². The van der Waals surface area contributed by atoms with Crippen LogP contribution in [-0.2, 0) is 9.84 Å². The predicted octanol–water partition coefficient (Wildman–Crippen LogP) is 1.13. The maximum Gasteiger partial charge on any atom is 0.148 e. The lowest BCUT2D eigenvalue weighted by Gasteiger charge is -2.43. The number of piperazine rings is 1. The van der Waals surface area contributed by atoms with E-state index in [-0.39, 0.29) is 11.8 Å². The fourth-order valence-electron chi connectivity index (χ4n) is 2.72. The molecule has 0 aliphatic carbocycles. The fourth-order valence-corrected chi connectivity index (χ4v) is 3.79. The molecule has 0 saturated carbocycles. The Kier molecular flexibility index (Phi) is 5.62. The van der Waals surface area contributed by atoms with Crippen LogP contribution in [0.15, 0.2) is 0 Å². The second-order valence-corrected chi connectivity index (χ2v) is 8.07. The maximum absolute atomic E-state index is 11.4. The first-order valence-electron chi connectivity index (χ1n) is 6.91. The van der Waals surface area contributed by atoms with E-state index >= 15 is 0 Å². The van der Waals surface area contributed by atoms with Crippen molar-refractivity contribution >= 4 is 9.84 Å². The van der Waals surface area contributed by atoms with Gasteiger partial charge < -0.3 is 5.32 Å². The Labute approximate surface area is 112 Å². The van der Waals surface area contributed by atoms with Crippen molar-refractivity contribution in [1.82, 2.24) is 10.2 Å². The summed E-state index contributed by atoms with van der Waals surface area (Å²) >= 11 is 0. The molecule has 0 radical (unpaired) electrons. The first kappa shape index (κ1) is 15.9. The fraction of sp³-hybridized carbons (Fsp3) is 1.00. The number of sulfone groups is 1. The van der Waals surface area contributed by atoms with E-state index in [1.54, 1.807) is 0 Å². The van der Waals surface area contributed by atoms with Crippen LogP contribution in [0.1, 0.15) is 34.1 Å². The highest BCUT2D eigenvalue weighted by Gasteiger charge is 2.31. The highest BCUT2D eigenvalue weighted by atomic mass is 32.2. The van der Waals surface area contributed by atoms with Crippen molar-refractivity contribution in [2.45, 2.75) is 52.2 Å². The molecule has 4 atom stereocenters. The van der Waals surface area contributed by atoms with Crippen LogP contribution < -0.4 is 5.32 Å². The molecule has 1 rings (SSSR count). The average Bonchev–Trinajstić information content (AvgIpc) is 2.26. The summed E-state index contributed by atoms with van der Waals surface area (Å²) in [5, 5.41) is 3.58. The molecule has 1 aliphatic rings. The number of hydrogen-bond acceptors (Lipinski definition) is 4. The van der Waals surface area contributed by atoms with Gasteiger partial charge in [0.2, 0.25) is 0 Å². The van der Waals surface area contributed by atoms with Gasteiger partial charge in [-0.3, -0.25) is 4.90 Å². The Hall–Kier alpha value is -0.130. The van der Waals surface area contributed by atoms with E-state index in [0.717, 1.165) is 19.5 Å². The minimum absolute atomic E-state index is 0.101. The molecular formula is C13H28N2O2S. The molecule has 4 unspecified atom stereocenters. The molecule has 0 aromatic rings. The molecule has 1 aliphatic heterocycles. The summed E-state index contributed by atoms with van der Waals surface area (Å²) in [6, 6.07) is 0.985. The monoisotopic (exact) mass is 276 g/mol. The van der Waals surface area contributed by atoms with Crippen molar-refractivity contribution in [2.24, 2.45) is 5.92 Å². The van der Waals surface area contributed by atoms with E-state index in [1.807, 2.05) is 6.92 Å². The second kappa shape index (κ2) is 6.35. The molecule has 1 heterocycles. The molecule has 0 aromatic carbocycles. The van der Waals surface area contributed by atoms with Gasteiger partial charge in [-0.1, -0.05) is 20.3 Å². The Morgan fingerprint density at radius 2 is 2.00 bits per heavy atom. The van der Waals surface area contributed by atoms with Crippen molar-refractivity contribution in [3.05, 3.63) is 0 Å². The Morgan fingerprint density at radius 1 is 1.39 bits per heavy atom. The summed E-state index contributed by atoms with van der Waals surface area (Å²) in [6.07, 6.45) is 2.48. The van der Waals surface area contributed by atoms with Crippen LogP contribution in [0.3, 0.4) is 0 Å². The van der Waals surface area contributed by atoms with Crippen LogP contribution in [0.25, 0.3) is 0 Å². The van der Waals surface area contributed by atoms with Gasteiger partial charge in [0.25, 0.3) is 0 Å². The highest BCUT2D eigenvalue weighted by molar-refractivity contribution is 7.90. The molecule has 1 N–H and O–H groups in total. The first-order valence-corrected chi connectivity index (χ1v) is 8.97. The zero-order chi connectivity index (χ0) is 13.9. The smallest absolute Gasteiger partial charge is 0.148 e. The van der Waals surface area contributed by atoms with Gasteiger partial charge in [-0.05, 0) is 19.8 Å². The lowest BCUT2D eigenvalue weighted by molar-refractivity contribution is 0.0904. The molecule has 4 nitrogen and oxygen atoms in total. The lowest BCUT2D eigenvalue weighted by atomic mass is 9.95. The molecule has 0 amide bonds. The van der Waals surface area contributed by atoms with Crippen LogP contribution >= 0.6 is 0 Å². The van der Waals surface area contributed by atoms with E-state index in [2.05, 4.69) is 31.0 Å². The van der Waals surface area contributed by atoms with E-state index in [4.69, 9.17) is 0 Å². The molecule has 108 valence electrons. The summed E-state index contributed by atoms with van der Waals surface area (Å²) in [6.45, 7) is 10.5. The van der Waals surface area contributed by atoms with Gasteiger partial charge in [-0.2, -0.15) is 0 Å². The van der Waals surface area contributed by atoms with Gasteiger partial charge in [0.15, 0.2) is 0 Å². The van der Waals surface area contributed by atoms with Gasteiger partial charge in [-0.15, -0.1) is 0 Å². The largest absolute Gasteiger partial charge is 0.311 e. The number of hydrogen-bond donors (Lipinski definition) is 1. The molecule has 0 spiro atoms. The quantitative estimate of drug-likeness (QED) is 0.818. The summed E-state index contributed by atoms with van der Waals surface area (Å²) < 4.78 is 22.8. The third-order valence-electron chi connectivity index (χ3n) is 4.09. The van der Waals surface area contributed by atoms with Gasteiger partial charge >= 0.3 is 0 Å². The normalized spacial score (nSPS) is 30.1. The van der Waals surface area contributed by atoms with E-state index in [0.29, 0.717) is 18.0 Å². The van der Waals surface area contributed by atoms with Crippen molar-refractivity contribution < 1.29 is 8.42 Å². The average molecular weight is 276 g/mol. The van der Waals surface area contributed by atoms with Crippen LogP contribution in [0.2, 0.25) is 0 Å². The van der Waals surface area contributed by atoms with Crippen molar-refractivity contribution in [3.8, 4) is 0 Å². The molecule has 1 fully saturated rings. The third kappa shape index (κ3) is 4.52. The molecular weight excluding hydrogens is 248 g/mol. The maximum atomic E-state index is 11.4. The third-order valence-corrected chi connectivity index (χ3v) is 5.18. The molecule has 5 heteroatoms. The van der Waals surface area contributed by atoms with Crippen molar-refractivity contribution in [1.29, 1.82) is 0 Å². The summed E-state index contributed by atoms with van der Waals surface area (Å²) in [5.41, 5.74) is 0. The zero-order valence-corrected chi connectivity index (χ0v) is 13.1.